The van der Waals surface area contributed by atoms with Gasteiger partial charge in [-0.15, -0.1) is 0 Å². The number of rotatable bonds is 11. The van der Waals surface area contributed by atoms with Gasteiger partial charge in [0.1, 0.15) is 11.6 Å². The van der Waals surface area contributed by atoms with E-state index in [9.17, 15) is 14.4 Å². The van der Waals surface area contributed by atoms with Crippen molar-refractivity contribution < 1.29 is 19.1 Å². The fraction of sp³-hybridized carbons (Fsp3) is 0.472. The van der Waals surface area contributed by atoms with Crippen molar-refractivity contribution in [2.24, 2.45) is 0 Å². The molecule has 0 unspecified atom stereocenters. The number of hydrogen-bond acceptors (Lipinski definition) is 4. The quantitative estimate of drug-likeness (QED) is 0.197. The third-order valence-electron chi connectivity index (χ3n) is 8.81. The van der Waals surface area contributed by atoms with Gasteiger partial charge in [-0.25, -0.2) is 9.59 Å². The molecular formula is C36H47N5O4. The van der Waals surface area contributed by atoms with Crippen molar-refractivity contribution in [1.82, 2.24) is 25.8 Å². The van der Waals surface area contributed by atoms with Crippen LogP contribution in [0, 0.1) is 0 Å². The standard InChI is InChI=1S/C36H47N5O4/c1-35(2,3)45-34(44)38-21-11-5-4-10-20-37-32(42)31(24-27-25-39-30-15-9-7-13-28(27)30)40-33(43)41-22-18-36(19-23-41)17-16-26-12-6-8-14-29(26)36/h6-9,12-17,25,31,39H,4-5,10-11,18-24H2,1-3H3,(H,37,42)(H,38,44)(H,40,43)/t31-/m1/s1. The van der Waals surface area contributed by atoms with Gasteiger partial charge in [0.2, 0.25) is 5.91 Å². The topological polar surface area (TPSA) is 116 Å². The first kappa shape index (κ1) is 32.1. The number of benzene rings is 2. The number of piperidine rings is 1. The minimum absolute atomic E-state index is 0.0139. The summed E-state index contributed by atoms with van der Waals surface area (Å²) < 4.78 is 5.26. The van der Waals surface area contributed by atoms with Gasteiger partial charge in [0.05, 0.1) is 0 Å². The summed E-state index contributed by atoms with van der Waals surface area (Å²) in [6.45, 7) is 7.87. The highest BCUT2D eigenvalue weighted by molar-refractivity contribution is 5.89. The van der Waals surface area contributed by atoms with Crippen molar-refractivity contribution in [3.8, 4) is 0 Å². The first-order valence-electron chi connectivity index (χ1n) is 16.3. The van der Waals surface area contributed by atoms with Gasteiger partial charge >= 0.3 is 12.1 Å². The zero-order chi connectivity index (χ0) is 31.9. The maximum atomic E-state index is 13.5. The monoisotopic (exact) mass is 613 g/mol. The molecule has 2 aromatic carbocycles. The van der Waals surface area contributed by atoms with E-state index in [0.717, 1.165) is 55.0 Å². The summed E-state index contributed by atoms with van der Waals surface area (Å²) in [5, 5.41) is 9.96. The Labute approximate surface area is 266 Å². The molecule has 0 bridgehead atoms. The highest BCUT2D eigenvalue weighted by atomic mass is 16.6. The maximum Gasteiger partial charge on any atom is 0.407 e. The molecule has 240 valence electrons. The van der Waals surface area contributed by atoms with E-state index in [2.05, 4.69) is 57.4 Å². The number of urea groups is 1. The third-order valence-corrected chi connectivity index (χ3v) is 8.81. The lowest BCUT2D eigenvalue weighted by molar-refractivity contribution is -0.123. The molecule has 1 aliphatic carbocycles. The van der Waals surface area contributed by atoms with Crippen molar-refractivity contribution in [3.63, 3.8) is 0 Å². The van der Waals surface area contributed by atoms with E-state index in [4.69, 9.17) is 4.74 Å². The van der Waals surface area contributed by atoms with Crippen LogP contribution >= 0.6 is 0 Å². The number of unbranched alkanes of at least 4 members (excludes halogenated alkanes) is 3. The molecular weight excluding hydrogens is 566 g/mol. The molecule has 1 aromatic heterocycles. The van der Waals surface area contributed by atoms with E-state index >= 15 is 0 Å². The Balaban J connectivity index is 1.12. The van der Waals surface area contributed by atoms with Crippen LogP contribution in [0.5, 0.6) is 0 Å². The minimum atomic E-state index is -0.697. The number of carbonyl (C=O) groups is 3. The number of carbonyl (C=O) groups excluding carboxylic acids is 3. The summed E-state index contributed by atoms with van der Waals surface area (Å²) in [5.41, 5.74) is 4.09. The molecule has 2 aliphatic rings. The number of aromatic nitrogens is 1. The van der Waals surface area contributed by atoms with Crippen molar-refractivity contribution in [1.29, 1.82) is 0 Å². The number of alkyl carbamates (subject to hydrolysis) is 1. The second-order valence-electron chi connectivity index (χ2n) is 13.3. The van der Waals surface area contributed by atoms with Crippen LogP contribution in [0.4, 0.5) is 9.59 Å². The van der Waals surface area contributed by atoms with Gasteiger partial charge in [0.15, 0.2) is 0 Å². The van der Waals surface area contributed by atoms with Crippen LogP contribution in [0.3, 0.4) is 0 Å². The lowest BCUT2D eigenvalue weighted by atomic mass is 9.74. The Morgan fingerprint density at radius 1 is 0.933 bits per heavy atom. The molecule has 1 saturated heterocycles. The summed E-state index contributed by atoms with van der Waals surface area (Å²) in [5.74, 6) is -0.179. The molecule has 9 heteroatoms. The summed E-state index contributed by atoms with van der Waals surface area (Å²) >= 11 is 0. The van der Waals surface area contributed by atoms with Gasteiger partial charge in [-0.2, -0.15) is 0 Å². The summed E-state index contributed by atoms with van der Waals surface area (Å²) in [6, 6.07) is 15.6. The molecule has 5 rings (SSSR count). The summed E-state index contributed by atoms with van der Waals surface area (Å²) in [7, 11) is 0. The van der Waals surface area contributed by atoms with Gasteiger partial charge in [-0.05, 0) is 69.2 Å². The van der Waals surface area contributed by atoms with Crippen LogP contribution in [0.2, 0.25) is 0 Å². The smallest absolute Gasteiger partial charge is 0.407 e. The molecule has 1 spiro atoms. The summed E-state index contributed by atoms with van der Waals surface area (Å²) in [6.07, 6.45) is 11.7. The second kappa shape index (κ2) is 14.2. The normalized spacial score (nSPS) is 15.9. The second-order valence-corrected chi connectivity index (χ2v) is 13.3. The highest BCUT2D eigenvalue weighted by Gasteiger charge is 2.39. The molecule has 3 aromatic rings. The van der Waals surface area contributed by atoms with E-state index in [1.54, 1.807) is 0 Å². The van der Waals surface area contributed by atoms with Crippen LogP contribution in [-0.4, -0.2) is 65.7 Å². The Morgan fingerprint density at radius 2 is 1.62 bits per heavy atom. The molecule has 1 fully saturated rings. The van der Waals surface area contributed by atoms with Gasteiger partial charge in [-0.3, -0.25) is 4.79 Å². The lowest BCUT2D eigenvalue weighted by Gasteiger charge is -2.39. The Bertz CT molecular complexity index is 1510. The van der Waals surface area contributed by atoms with E-state index in [1.165, 1.54) is 11.1 Å². The van der Waals surface area contributed by atoms with Gasteiger partial charge in [-0.1, -0.05) is 67.5 Å². The number of likely N-dealkylation sites (tertiary alicyclic amines) is 1. The number of ether oxygens (including phenoxy) is 1. The molecule has 4 N–H and O–H groups in total. The molecule has 1 aliphatic heterocycles. The predicted octanol–water partition coefficient (Wildman–Crippen LogP) is 6.05. The average Bonchev–Trinajstić information content (AvgIpc) is 3.59. The minimum Gasteiger partial charge on any atom is -0.444 e. The first-order valence-corrected chi connectivity index (χ1v) is 16.3. The van der Waals surface area contributed by atoms with Crippen molar-refractivity contribution in [3.05, 3.63) is 77.5 Å². The number of nitrogens with one attached hydrogen (secondary N) is 4. The van der Waals surface area contributed by atoms with Crippen molar-refractivity contribution in [2.45, 2.75) is 82.8 Å². The van der Waals surface area contributed by atoms with Crippen LogP contribution < -0.4 is 16.0 Å². The number of allylic oxidation sites excluding steroid dienone is 1. The SMILES string of the molecule is CC(C)(C)OC(=O)NCCCCCCNC(=O)[C@@H](Cc1c[nH]c2ccccc12)NC(=O)N1CCC2(C=Cc3ccccc32)CC1. The number of hydrogen-bond donors (Lipinski definition) is 4. The zero-order valence-corrected chi connectivity index (χ0v) is 26.8. The van der Waals surface area contributed by atoms with Crippen LogP contribution in [0.15, 0.2) is 60.8 Å². The molecule has 0 radical (unpaired) electrons. The van der Waals surface area contributed by atoms with Gasteiger partial charge in [0, 0.05) is 55.1 Å². The molecule has 45 heavy (non-hydrogen) atoms. The fourth-order valence-electron chi connectivity index (χ4n) is 6.39. The Hall–Kier alpha value is -4.27. The van der Waals surface area contributed by atoms with E-state index in [-0.39, 0.29) is 17.4 Å². The predicted molar refractivity (Wildman–Crippen MR) is 178 cm³/mol. The molecule has 1 atom stereocenters. The third kappa shape index (κ3) is 8.26. The van der Waals surface area contributed by atoms with E-state index in [1.807, 2.05) is 56.1 Å². The Kier molecular flexibility index (Phi) is 10.2. The zero-order valence-electron chi connectivity index (χ0n) is 26.8. The van der Waals surface area contributed by atoms with Gasteiger partial charge in [0.25, 0.3) is 0 Å². The summed E-state index contributed by atoms with van der Waals surface area (Å²) in [4.78, 5) is 43.9. The van der Waals surface area contributed by atoms with Crippen LogP contribution in [0.1, 0.15) is 76.0 Å². The fourth-order valence-corrected chi connectivity index (χ4v) is 6.39. The number of nitrogens with zero attached hydrogens (tertiary/aromatic N) is 1. The van der Waals surface area contributed by atoms with E-state index in [0.29, 0.717) is 32.6 Å². The molecule has 2 heterocycles. The average molecular weight is 614 g/mol. The van der Waals surface area contributed by atoms with E-state index < -0.39 is 17.7 Å². The number of H-pyrrole nitrogens is 1. The first-order chi connectivity index (χ1) is 21.6. The van der Waals surface area contributed by atoms with Crippen molar-refractivity contribution >= 4 is 35.0 Å². The van der Waals surface area contributed by atoms with Crippen LogP contribution in [-0.2, 0) is 21.4 Å². The number of para-hydroxylation sites is 1. The lowest BCUT2D eigenvalue weighted by Crippen LogP contribution is -2.54. The molecule has 0 saturated carbocycles. The Morgan fingerprint density at radius 3 is 2.38 bits per heavy atom. The number of aromatic amines is 1. The highest BCUT2D eigenvalue weighted by Crippen LogP contribution is 2.43. The van der Waals surface area contributed by atoms with Crippen molar-refractivity contribution in [2.75, 3.05) is 26.2 Å². The largest absolute Gasteiger partial charge is 0.444 e. The van der Waals surface area contributed by atoms with Gasteiger partial charge < -0.3 is 30.6 Å². The molecule has 4 amide bonds. The number of fused-ring (bicyclic) bond motifs is 3. The maximum absolute atomic E-state index is 13.5. The number of amides is 4. The van der Waals surface area contributed by atoms with Crippen LogP contribution in [0.25, 0.3) is 17.0 Å². The molecule has 9 nitrogen and oxygen atoms in total.